The Hall–Kier alpha value is -2.65. The molecule has 0 radical (unpaired) electrons. The molecule has 0 spiro atoms. The van der Waals surface area contributed by atoms with Crippen LogP contribution in [0.5, 0.6) is 0 Å². The second kappa shape index (κ2) is 12.0. The summed E-state index contributed by atoms with van der Waals surface area (Å²) in [7, 11) is 1.66. The number of fused-ring (bicyclic) bond motifs is 1. The fraction of sp³-hybridized carbons (Fsp3) is 0.750. The third-order valence-corrected chi connectivity index (χ3v) is 6.27. The highest BCUT2D eigenvalue weighted by atomic mass is 19.1. The van der Waals surface area contributed by atoms with Crippen molar-refractivity contribution in [3.8, 4) is 0 Å². The maximum atomic E-state index is 16.5. The molecule has 2 aromatic rings. The number of rotatable bonds is 12. The minimum absolute atomic E-state index is 0.0133. The molecule has 3 rings (SSSR count). The van der Waals surface area contributed by atoms with Gasteiger partial charge in [0.2, 0.25) is 5.95 Å². The molecule has 5 atom stereocenters. The van der Waals surface area contributed by atoms with Crippen LogP contribution in [-0.4, -0.2) is 83.3 Å². The number of nitrogens with one attached hydrogen (secondary N) is 1. The highest BCUT2D eigenvalue weighted by Gasteiger charge is 2.57. The Bertz CT molecular complexity index is 1090. The summed E-state index contributed by atoms with van der Waals surface area (Å²) < 4.78 is 46.1. The smallest absolute Gasteiger partial charge is 0.313 e. The third-order valence-electron chi connectivity index (χ3n) is 6.27. The first-order valence-corrected chi connectivity index (χ1v) is 12.5. The van der Waals surface area contributed by atoms with Crippen molar-refractivity contribution in [2.45, 2.75) is 71.7 Å². The second-order valence-electron chi connectivity index (χ2n) is 10.8. The summed E-state index contributed by atoms with van der Waals surface area (Å²) in [6.45, 7) is 10.2. The molecule has 0 bridgehead atoms. The van der Waals surface area contributed by atoms with Crippen LogP contribution in [0.2, 0.25) is 0 Å². The maximum Gasteiger partial charge on any atom is 0.313 e. The van der Waals surface area contributed by atoms with Gasteiger partial charge in [0.25, 0.3) is 0 Å². The lowest BCUT2D eigenvalue weighted by atomic mass is 9.97. The number of halogens is 1. The predicted molar refractivity (Wildman–Crippen MR) is 138 cm³/mol. The van der Waals surface area contributed by atoms with Crippen LogP contribution >= 0.6 is 0 Å². The SMILES string of the molecule is CNc1nc(N)nc2c1ncn2[C@@H]1O[C@H](COCOC[C@@H](N)C(C)C)[C@@H](OCOC(=O)C(C)(C)C)[C@@]1(C)F. The van der Waals surface area contributed by atoms with Gasteiger partial charge in [-0.05, 0) is 33.6 Å². The number of esters is 1. The monoisotopic (exact) mass is 541 g/mol. The van der Waals surface area contributed by atoms with Crippen molar-refractivity contribution in [1.29, 1.82) is 0 Å². The molecule has 214 valence electrons. The van der Waals surface area contributed by atoms with Crippen LogP contribution in [0, 0.1) is 11.3 Å². The van der Waals surface area contributed by atoms with Gasteiger partial charge in [-0.2, -0.15) is 9.97 Å². The Labute approximate surface area is 221 Å². The van der Waals surface area contributed by atoms with Crippen LogP contribution in [0.15, 0.2) is 6.33 Å². The molecule has 0 amide bonds. The first-order valence-electron chi connectivity index (χ1n) is 12.5. The number of hydrogen-bond donors (Lipinski definition) is 3. The van der Waals surface area contributed by atoms with E-state index in [-0.39, 0.29) is 37.0 Å². The Morgan fingerprint density at radius 1 is 1.29 bits per heavy atom. The Morgan fingerprint density at radius 3 is 2.63 bits per heavy atom. The summed E-state index contributed by atoms with van der Waals surface area (Å²) in [6.07, 6.45) is -1.86. The molecule has 1 saturated heterocycles. The van der Waals surface area contributed by atoms with E-state index in [1.807, 2.05) is 13.8 Å². The molecule has 5 N–H and O–H groups in total. The van der Waals surface area contributed by atoms with Crippen molar-refractivity contribution in [1.82, 2.24) is 19.5 Å². The number of imidazole rings is 1. The number of nitrogen functional groups attached to an aromatic ring is 1. The molecule has 0 saturated carbocycles. The zero-order valence-electron chi connectivity index (χ0n) is 23.1. The number of ether oxygens (including phenoxy) is 5. The number of hydrogen-bond acceptors (Lipinski definition) is 12. The Morgan fingerprint density at radius 2 is 2.00 bits per heavy atom. The van der Waals surface area contributed by atoms with Gasteiger partial charge in [-0.15, -0.1) is 0 Å². The molecule has 13 nitrogen and oxygen atoms in total. The lowest BCUT2D eigenvalue weighted by molar-refractivity contribution is -0.181. The molecule has 0 aliphatic carbocycles. The predicted octanol–water partition coefficient (Wildman–Crippen LogP) is 1.98. The summed E-state index contributed by atoms with van der Waals surface area (Å²) >= 11 is 0. The molecule has 3 heterocycles. The summed E-state index contributed by atoms with van der Waals surface area (Å²) in [5.74, 6) is 0.147. The van der Waals surface area contributed by atoms with E-state index in [0.717, 1.165) is 0 Å². The van der Waals surface area contributed by atoms with E-state index in [9.17, 15) is 4.79 Å². The van der Waals surface area contributed by atoms with Crippen molar-refractivity contribution in [3.05, 3.63) is 6.33 Å². The zero-order chi connectivity index (χ0) is 28.3. The highest BCUT2D eigenvalue weighted by Crippen LogP contribution is 2.44. The average molecular weight is 542 g/mol. The van der Waals surface area contributed by atoms with Crippen LogP contribution in [0.1, 0.15) is 47.8 Å². The lowest BCUT2D eigenvalue weighted by Gasteiger charge is -2.28. The van der Waals surface area contributed by atoms with Crippen LogP contribution in [0.25, 0.3) is 11.2 Å². The molecule has 1 aliphatic heterocycles. The molecule has 2 aromatic heterocycles. The zero-order valence-corrected chi connectivity index (χ0v) is 23.1. The van der Waals surface area contributed by atoms with Gasteiger partial charge < -0.3 is 40.5 Å². The van der Waals surface area contributed by atoms with Gasteiger partial charge in [0, 0.05) is 13.1 Å². The molecule has 1 fully saturated rings. The number of anilines is 2. The number of aromatic nitrogens is 4. The van der Waals surface area contributed by atoms with Gasteiger partial charge in [0.15, 0.2) is 35.7 Å². The number of carbonyl (C=O) groups is 1. The Balaban J connectivity index is 1.79. The Kier molecular flexibility index (Phi) is 9.47. The van der Waals surface area contributed by atoms with Crippen LogP contribution in [0.3, 0.4) is 0 Å². The normalized spacial score (nSPS) is 24.7. The molecular weight excluding hydrogens is 501 g/mol. The number of nitrogens with two attached hydrogens (primary N) is 2. The van der Waals surface area contributed by atoms with Gasteiger partial charge >= 0.3 is 5.97 Å². The quantitative estimate of drug-likeness (QED) is 0.203. The summed E-state index contributed by atoms with van der Waals surface area (Å²) in [4.78, 5) is 24.9. The summed E-state index contributed by atoms with van der Waals surface area (Å²) in [5, 5.41) is 2.90. The first kappa shape index (κ1) is 29.9. The minimum Gasteiger partial charge on any atom is -0.438 e. The van der Waals surface area contributed by atoms with Crippen molar-refractivity contribution in [2.75, 3.05) is 44.9 Å². The molecular formula is C24H40FN7O6. The third kappa shape index (κ3) is 6.67. The maximum absolute atomic E-state index is 16.5. The highest BCUT2D eigenvalue weighted by molar-refractivity contribution is 5.84. The van der Waals surface area contributed by atoms with E-state index in [1.54, 1.807) is 27.8 Å². The van der Waals surface area contributed by atoms with Crippen molar-refractivity contribution >= 4 is 28.9 Å². The van der Waals surface area contributed by atoms with E-state index < -0.39 is 42.3 Å². The average Bonchev–Trinajstić information content (AvgIpc) is 3.35. The van der Waals surface area contributed by atoms with Crippen molar-refractivity contribution in [2.24, 2.45) is 17.1 Å². The fourth-order valence-electron chi connectivity index (χ4n) is 3.86. The van der Waals surface area contributed by atoms with E-state index in [2.05, 4.69) is 20.3 Å². The lowest BCUT2D eigenvalue weighted by Crippen LogP contribution is -2.44. The molecule has 1 aliphatic rings. The van der Waals surface area contributed by atoms with Crippen molar-refractivity contribution < 1.29 is 32.9 Å². The minimum atomic E-state index is -2.11. The van der Waals surface area contributed by atoms with Crippen LogP contribution < -0.4 is 16.8 Å². The number of carbonyl (C=O) groups excluding carboxylic acids is 1. The van der Waals surface area contributed by atoms with Crippen LogP contribution in [0.4, 0.5) is 16.2 Å². The van der Waals surface area contributed by atoms with Crippen molar-refractivity contribution in [3.63, 3.8) is 0 Å². The molecule has 38 heavy (non-hydrogen) atoms. The second-order valence-corrected chi connectivity index (χ2v) is 10.8. The van der Waals surface area contributed by atoms with E-state index in [4.69, 9.17) is 35.2 Å². The molecule has 0 aromatic carbocycles. The van der Waals surface area contributed by atoms with Gasteiger partial charge in [-0.3, -0.25) is 9.36 Å². The molecule has 0 unspecified atom stereocenters. The van der Waals surface area contributed by atoms with E-state index >= 15 is 4.39 Å². The standard InChI is InChI=1S/C24H40FN7O6/c1-13(2)14(26)8-34-11-35-9-15-17(36-12-37-21(33)23(3,4)5)24(6,25)20(38-15)32-10-29-16-18(28-7)30-22(27)31-19(16)32/h10,13-15,17,20H,8-9,11-12,26H2,1-7H3,(H3,27,28,30,31)/t14-,15-,17-,20-,24-/m1/s1. The number of alkyl halides is 1. The van der Waals surface area contributed by atoms with Crippen LogP contribution in [-0.2, 0) is 28.5 Å². The van der Waals surface area contributed by atoms with Gasteiger partial charge in [-0.1, -0.05) is 13.8 Å². The topological polar surface area (TPSA) is 171 Å². The first-order chi connectivity index (χ1) is 17.8. The summed E-state index contributed by atoms with van der Waals surface area (Å²) in [6, 6.07) is -0.139. The molecule has 14 heteroatoms. The van der Waals surface area contributed by atoms with Gasteiger partial charge in [0.1, 0.15) is 19.0 Å². The van der Waals surface area contributed by atoms with Gasteiger partial charge in [-0.25, -0.2) is 9.37 Å². The van der Waals surface area contributed by atoms with E-state index in [1.165, 1.54) is 17.8 Å². The number of nitrogens with zero attached hydrogens (tertiary/aromatic N) is 4. The fourth-order valence-corrected chi connectivity index (χ4v) is 3.86. The van der Waals surface area contributed by atoms with Gasteiger partial charge in [0.05, 0.1) is 25.0 Å². The largest absolute Gasteiger partial charge is 0.438 e. The van der Waals surface area contributed by atoms with E-state index in [0.29, 0.717) is 17.9 Å². The summed E-state index contributed by atoms with van der Waals surface area (Å²) in [5.41, 5.74) is 9.66.